The van der Waals surface area contributed by atoms with Crippen molar-refractivity contribution in [3.8, 4) is 0 Å². The summed E-state index contributed by atoms with van der Waals surface area (Å²) in [6, 6.07) is 9.79. The zero-order valence-corrected chi connectivity index (χ0v) is 12.4. The van der Waals surface area contributed by atoms with Crippen molar-refractivity contribution in [2.45, 2.75) is 35.2 Å². The lowest BCUT2D eigenvalue weighted by atomic mass is 9.69. The van der Waals surface area contributed by atoms with Gasteiger partial charge in [-0.05, 0) is 31.2 Å². The van der Waals surface area contributed by atoms with Crippen LogP contribution in [0, 0.1) is 0 Å². The van der Waals surface area contributed by atoms with Crippen molar-refractivity contribution in [3.05, 3.63) is 35.9 Å². The van der Waals surface area contributed by atoms with Gasteiger partial charge in [-0.15, -0.1) is 23.5 Å². The van der Waals surface area contributed by atoms with E-state index in [1.807, 2.05) is 53.9 Å². The topological polar surface area (TPSA) is 37.3 Å². The predicted molar refractivity (Wildman–Crippen MR) is 81.9 cm³/mol. The van der Waals surface area contributed by atoms with Gasteiger partial charge in [-0.1, -0.05) is 30.3 Å². The SMILES string of the molecule is O=C(O)C1(c2ccccc2)CCC2(CC1)SCCS2. The van der Waals surface area contributed by atoms with E-state index in [9.17, 15) is 9.90 Å². The zero-order valence-electron chi connectivity index (χ0n) is 10.8. The zero-order chi connectivity index (χ0) is 13.3. The van der Waals surface area contributed by atoms with E-state index in [2.05, 4.69) is 0 Å². The first-order valence-corrected chi connectivity index (χ1v) is 8.71. The Labute approximate surface area is 122 Å². The molecule has 0 aromatic heterocycles. The molecular formula is C15H18O2S2. The summed E-state index contributed by atoms with van der Waals surface area (Å²) >= 11 is 4.09. The Morgan fingerprint density at radius 1 is 1.00 bits per heavy atom. The van der Waals surface area contributed by atoms with E-state index in [0.717, 1.165) is 31.2 Å². The monoisotopic (exact) mass is 294 g/mol. The van der Waals surface area contributed by atoms with Crippen molar-refractivity contribution in [1.82, 2.24) is 0 Å². The lowest BCUT2D eigenvalue weighted by Gasteiger charge is -2.41. The molecule has 102 valence electrons. The fraction of sp³-hybridized carbons (Fsp3) is 0.533. The van der Waals surface area contributed by atoms with Gasteiger partial charge in [-0.3, -0.25) is 4.79 Å². The van der Waals surface area contributed by atoms with Crippen LogP contribution in [0.4, 0.5) is 0 Å². The van der Waals surface area contributed by atoms with Crippen LogP contribution in [0.3, 0.4) is 0 Å². The predicted octanol–water partition coefficient (Wildman–Crippen LogP) is 3.76. The molecule has 1 saturated carbocycles. The summed E-state index contributed by atoms with van der Waals surface area (Å²) in [4.78, 5) is 11.9. The second-order valence-electron chi connectivity index (χ2n) is 5.36. The molecular weight excluding hydrogens is 276 g/mol. The maximum atomic E-state index is 11.9. The minimum Gasteiger partial charge on any atom is -0.481 e. The molecule has 19 heavy (non-hydrogen) atoms. The Kier molecular flexibility index (Phi) is 3.56. The Hall–Kier alpha value is -0.610. The van der Waals surface area contributed by atoms with Crippen LogP contribution in [0.25, 0.3) is 0 Å². The Balaban J connectivity index is 1.87. The number of carbonyl (C=O) groups is 1. The quantitative estimate of drug-likeness (QED) is 0.901. The molecule has 1 spiro atoms. The van der Waals surface area contributed by atoms with Gasteiger partial charge in [0.05, 0.1) is 9.49 Å². The van der Waals surface area contributed by atoms with Gasteiger partial charge in [0.2, 0.25) is 0 Å². The third kappa shape index (κ3) is 2.29. The highest BCUT2D eigenvalue weighted by Crippen LogP contribution is 2.57. The third-order valence-corrected chi connectivity index (χ3v) is 8.07. The number of thioether (sulfide) groups is 2. The molecule has 1 heterocycles. The maximum Gasteiger partial charge on any atom is 0.314 e. The second kappa shape index (κ2) is 5.06. The van der Waals surface area contributed by atoms with Crippen LogP contribution in [-0.2, 0) is 10.2 Å². The molecule has 2 nitrogen and oxygen atoms in total. The molecule has 1 aromatic rings. The number of hydrogen-bond acceptors (Lipinski definition) is 3. The molecule has 1 saturated heterocycles. The third-order valence-electron chi connectivity index (χ3n) is 4.41. The molecule has 1 N–H and O–H groups in total. The molecule has 1 aliphatic carbocycles. The second-order valence-corrected chi connectivity index (χ2v) is 8.58. The Morgan fingerprint density at radius 3 is 2.11 bits per heavy atom. The summed E-state index contributed by atoms with van der Waals surface area (Å²) in [6.45, 7) is 0. The van der Waals surface area contributed by atoms with E-state index in [0.29, 0.717) is 4.08 Å². The fourth-order valence-electron chi connectivity index (χ4n) is 3.23. The van der Waals surface area contributed by atoms with Gasteiger partial charge < -0.3 is 5.11 Å². The van der Waals surface area contributed by atoms with Crippen LogP contribution < -0.4 is 0 Å². The average molecular weight is 294 g/mol. The summed E-state index contributed by atoms with van der Waals surface area (Å²) in [5.41, 5.74) is 0.321. The molecule has 1 aliphatic heterocycles. The largest absolute Gasteiger partial charge is 0.481 e. The van der Waals surface area contributed by atoms with Gasteiger partial charge in [0.1, 0.15) is 0 Å². The van der Waals surface area contributed by atoms with E-state index in [1.54, 1.807) is 0 Å². The maximum absolute atomic E-state index is 11.9. The molecule has 3 rings (SSSR count). The van der Waals surface area contributed by atoms with Crippen LogP contribution in [0.2, 0.25) is 0 Å². The summed E-state index contributed by atoms with van der Waals surface area (Å²) in [7, 11) is 0. The Bertz CT molecular complexity index is 456. The smallest absolute Gasteiger partial charge is 0.314 e. The standard InChI is InChI=1S/C15H18O2S2/c16-13(17)14(12-4-2-1-3-5-12)6-8-15(9-7-14)18-10-11-19-15/h1-5H,6-11H2,(H,16,17). The van der Waals surface area contributed by atoms with Crippen molar-refractivity contribution < 1.29 is 9.90 Å². The van der Waals surface area contributed by atoms with E-state index in [4.69, 9.17) is 0 Å². The number of carboxylic acids is 1. The first kappa shape index (κ1) is 13.4. The van der Waals surface area contributed by atoms with Gasteiger partial charge in [-0.25, -0.2) is 0 Å². The normalized spacial score (nSPS) is 24.4. The van der Waals surface area contributed by atoms with Crippen molar-refractivity contribution in [2.24, 2.45) is 0 Å². The first-order chi connectivity index (χ1) is 9.17. The van der Waals surface area contributed by atoms with Crippen molar-refractivity contribution in [3.63, 3.8) is 0 Å². The summed E-state index contributed by atoms with van der Waals surface area (Å²) in [6.07, 6.45) is 3.58. The first-order valence-electron chi connectivity index (χ1n) is 6.74. The lowest BCUT2D eigenvalue weighted by molar-refractivity contribution is -0.145. The van der Waals surface area contributed by atoms with Crippen LogP contribution in [0.5, 0.6) is 0 Å². The van der Waals surface area contributed by atoms with E-state index >= 15 is 0 Å². The van der Waals surface area contributed by atoms with E-state index in [1.165, 1.54) is 11.5 Å². The molecule has 0 atom stereocenters. The average Bonchev–Trinajstić information content (AvgIpc) is 2.89. The van der Waals surface area contributed by atoms with Crippen molar-refractivity contribution in [2.75, 3.05) is 11.5 Å². The number of aliphatic carboxylic acids is 1. The van der Waals surface area contributed by atoms with Gasteiger partial charge >= 0.3 is 5.97 Å². The number of carboxylic acid groups (broad SMARTS) is 1. The molecule has 0 amide bonds. The molecule has 0 bridgehead atoms. The Morgan fingerprint density at radius 2 is 1.58 bits per heavy atom. The molecule has 4 heteroatoms. The molecule has 0 radical (unpaired) electrons. The van der Waals surface area contributed by atoms with Crippen LogP contribution in [0.15, 0.2) is 30.3 Å². The molecule has 1 aromatic carbocycles. The van der Waals surface area contributed by atoms with Gasteiger partial charge in [0.25, 0.3) is 0 Å². The lowest BCUT2D eigenvalue weighted by Crippen LogP contribution is -2.42. The van der Waals surface area contributed by atoms with E-state index < -0.39 is 11.4 Å². The van der Waals surface area contributed by atoms with Gasteiger partial charge in [-0.2, -0.15) is 0 Å². The highest BCUT2D eigenvalue weighted by atomic mass is 32.2. The highest BCUT2D eigenvalue weighted by molar-refractivity contribution is 8.21. The molecule has 2 fully saturated rings. The molecule has 0 unspecified atom stereocenters. The number of rotatable bonds is 2. The van der Waals surface area contributed by atoms with Gasteiger partial charge in [0.15, 0.2) is 0 Å². The minimum absolute atomic E-state index is 0.313. The van der Waals surface area contributed by atoms with Crippen LogP contribution >= 0.6 is 23.5 Å². The van der Waals surface area contributed by atoms with E-state index in [-0.39, 0.29) is 0 Å². The highest BCUT2D eigenvalue weighted by Gasteiger charge is 2.49. The number of benzene rings is 1. The molecule has 2 aliphatic rings. The van der Waals surface area contributed by atoms with Gasteiger partial charge in [0, 0.05) is 11.5 Å². The van der Waals surface area contributed by atoms with Crippen LogP contribution in [0.1, 0.15) is 31.2 Å². The summed E-state index contributed by atoms with van der Waals surface area (Å²) in [5, 5.41) is 9.76. The number of hydrogen-bond donors (Lipinski definition) is 1. The van der Waals surface area contributed by atoms with Crippen LogP contribution in [-0.4, -0.2) is 26.7 Å². The van der Waals surface area contributed by atoms with Crippen molar-refractivity contribution in [1.29, 1.82) is 0 Å². The fourth-order valence-corrected chi connectivity index (χ4v) is 6.46. The minimum atomic E-state index is -0.657. The summed E-state index contributed by atoms with van der Waals surface area (Å²) < 4.78 is 0.313. The summed E-state index contributed by atoms with van der Waals surface area (Å²) in [5.74, 6) is 1.79. The van der Waals surface area contributed by atoms with Crippen molar-refractivity contribution >= 4 is 29.5 Å².